The number of nitrogens with zero attached hydrogens (tertiary/aromatic N) is 3. The number of unbranched alkanes of at least 4 members (excludes halogenated alkanes) is 1. The summed E-state index contributed by atoms with van der Waals surface area (Å²) in [6, 6.07) is 9.18. The Labute approximate surface area is 301 Å². The molecule has 0 aliphatic carbocycles. The lowest BCUT2D eigenvalue weighted by atomic mass is 9.87. The zero-order valence-electron chi connectivity index (χ0n) is 31.0. The molecule has 0 aromatic heterocycles. The second kappa shape index (κ2) is 20.0. The summed E-state index contributed by atoms with van der Waals surface area (Å²) in [5.74, 6) is 0.888. The fourth-order valence-electron chi connectivity index (χ4n) is 6.35. The van der Waals surface area contributed by atoms with Gasteiger partial charge in [0.15, 0.2) is 0 Å². The van der Waals surface area contributed by atoms with E-state index < -0.39 is 8.53 Å². The van der Waals surface area contributed by atoms with E-state index in [2.05, 4.69) is 92.9 Å². The number of thioether (sulfide) groups is 1. The van der Waals surface area contributed by atoms with Gasteiger partial charge in [-0.05, 0) is 63.5 Å². The molecule has 3 amide bonds. The third-order valence-corrected chi connectivity index (χ3v) is 12.7. The molecule has 5 atom stereocenters. The second-order valence-corrected chi connectivity index (χ2v) is 17.5. The number of amides is 3. The summed E-state index contributed by atoms with van der Waals surface area (Å²) in [5.41, 5.74) is 2.54. The first-order valence-corrected chi connectivity index (χ1v) is 20.2. The van der Waals surface area contributed by atoms with Crippen LogP contribution in [0.4, 0.5) is 4.79 Å². The van der Waals surface area contributed by atoms with Gasteiger partial charge in [0.1, 0.15) is 12.4 Å². The Balaban J connectivity index is 1.35. The maximum Gasteiger partial charge on any atom is 0.318 e. The number of rotatable bonds is 21. The van der Waals surface area contributed by atoms with Gasteiger partial charge in [0, 0.05) is 48.9 Å². The van der Waals surface area contributed by atoms with E-state index in [-0.39, 0.29) is 72.7 Å². The van der Waals surface area contributed by atoms with Crippen molar-refractivity contribution in [1.29, 1.82) is 0 Å². The third kappa shape index (κ3) is 12.8. The predicted octanol–water partition coefficient (Wildman–Crippen LogP) is 7.46. The molecule has 10 nitrogen and oxygen atoms in total. The highest BCUT2D eigenvalue weighted by molar-refractivity contribution is 8.00. The molecule has 2 aliphatic rings. The van der Waals surface area contributed by atoms with Gasteiger partial charge in [-0.25, -0.2) is 16.0 Å². The van der Waals surface area contributed by atoms with Crippen LogP contribution < -0.4 is 10.6 Å². The van der Waals surface area contributed by atoms with E-state index in [1.807, 2.05) is 23.6 Å². The topological polar surface area (TPSA) is 105 Å². The number of hydrogen-bond acceptors (Lipinski definition) is 7. The minimum absolute atomic E-state index is 0.0179. The van der Waals surface area contributed by atoms with Crippen molar-refractivity contribution in [3.05, 3.63) is 46.8 Å². The Morgan fingerprint density at radius 2 is 1.80 bits per heavy atom. The largest absolute Gasteiger partial charge is 0.351 e. The van der Waals surface area contributed by atoms with Gasteiger partial charge in [0.25, 0.3) is 8.53 Å². The molecule has 0 bridgehead atoms. The molecule has 2 unspecified atom stereocenters. The molecule has 1 aromatic rings. The molecule has 0 radical (unpaired) electrons. The minimum atomic E-state index is -1.37. The number of carbonyl (C=O) groups excluding carboxylic acids is 3. The van der Waals surface area contributed by atoms with E-state index in [9.17, 15) is 14.4 Å². The fraction of sp³-hybridized carbons (Fsp3) is 0.730. The molecule has 49 heavy (non-hydrogen) atoms. The lowest BCUT2D eigenvalue weighted by Gasteiger charge is -2.36. The fourth-order valence-corrected chi connectivity index (χ4v) is 9.62. The molecule has 2 fully saturated rings. The van der Waals surface area contributed by atoms with Gasteiger partial charge in [0.2, 0.25) is 12.5 Å². The van der Waals surface area contributed by atoms with Crippen molar-refractivity contribution in [1.82, 2.24) is 20.2 Å². The normalized spacial score (nSPS) is 20.4. The van der Waals surface area contributed by atoms with Crippen LogP contribution in [-0.4, -0.2) is 88.3 Å². The molecule has 2 saturated heterocycles. The molecule has 2 N–H and O–H groups in total. The first kappa shape index (κ1) is 41.2. The summed E-state index contributed by atoms with van der Waals surface area (Å²) in [5, 5.41) is 6.62. The monoisotopic (exact) mass is 717 g/mol. The number of fused-ring (bicyclic) bond motifs is 1. The van der Waals surface area contributed by atoms with Crippen molar-refractivity contribution in [2.45, 2.75) is 148 Å². The van der Waals surface area contributed by atoms with Crippen molar-refractivity contribution in [3.63, 3.8) is 0 Å². The van der Waals surface area contributed by atoms with E-state index in [0.29, 0.717) is 37.9 Å². The first-order valence-electron chi connectivity index (χ1n) is 18.0. The standard InChI is InChI=1S/C37H60N5O5PS/c1-10-30(24-47-48(46-22-21-38-9)42(26(2)3)27(4)5)39-34(44)20-19-31(43)13-11-12-14-33-35-32(25-49-33)41(36(45)40-35)23-28-15-17-29(18-16-28)37(6,7)8/h15-18,26-27,30,32-33,35H,10-14,19-25H2,1-8H3,(H,39,44)(H,40,45)/t30?,32-,33-,35-,48?/m0/s1. The van der Waals surface area contributed by atoms with Crippen molar-refractivity contribution >= 4 is 38.0 Å². The van der Waals surface area contributed by atoms with E-state index in [1.54, 1.807) is 0 Å². The molecule has 1 aromatic carbocycles. The molecular formula is C37H60N5O5PS. The lowest BCUT2D eigenvalue weighted by Crippen LogP contribution is -2.39. The summed E-state index contributed by atoms with van der Waals surface area (Å²) in [6.45, 7) is 25.5. The van der Waals surface area contributed by atoms with Gasteiger partial charge < -0.3 is 29.4 Å². The average molecular weight is 718 g/mol. The number of ketones is 1. The summed E-state index contributed by atoms with van der Waals surface area (Å²) in [7, 11) is -1.37. The van der Waals surface area contributed by atoms with Crippen molar-refractivity contribution in [2.75, 3.05) is 25.5 Å². The van der Waals surface area contributed by atoms with Gasteiger partial charge in [-0.1, -0.05) is 58.4 Å². The lowest BCUT2D eigenvalue weighted by molar-refractivity contribution is -0.126. The molecule has 0 saturated carbocycles. The second-order valence-electron chi connectivity index (χ2n) is 14.8. The molecule has 2 aliphatic heterocycles. The molecule has 0 spiro atoms. The zero-order valence-corrected chi connectivity index (χ0v) is 32.7. The Bertz CT molecular complexity index is 1240. The predicted molar refractivity (Wildman–Crippen MR) is 200 cm³/mol. The van der Waals surface area contributed by atoms with Gasteiger partial charge in [0.05, 0.1) is 24.7 Å². The summed E-state index contributed by atoms with van der Waals surface area (Å²) in [6.07, 6.45) is 4.22. The Morgan fingerprint density at radius 3 is 2.41 bits per heavy atom. The van der Waals surface area contributed by atoms with Crippen molar-refractivity contribution in [3.8, 4) is 0 Å². The molecule has 3 rings (SSSR count). The van der Waals surface area contributed by atoms with Crippen LogP contribution in [-0.2, 0) is 30.6 Å². The zero-order chi connectivity index (χ0) is 36.1. The number of urea groups is 1. The quantitative estimate of drug-likeness (QED) is 0.0589. The Kier molecular flexibility index (Phi) is 16.8. The van der Waals surface area contributed by atoms with Crippen molar-refractivity contribution < 1.29 is 23.4 Å². The van der Waals surface area contributed by atoms with Crippen LogP contribution in [0.1, 0.15) is 111 Å². The third-order valence-electron chi connectivity index (χ3n) is 9.14. The summed E-state index contributed by atoms with van der Waals surface area (Å²) >= 11 is 1.93. The summed E-state index contributed by atoms with van der Waals surface area (Å²) in [4.78, 5) is 43.6. The van der Waals surface area contributed by atoms with Crippen LogP contribution in [0.3, 0.4) is 0 Å². The van der Waals surface area contributed by atoms with Gasteiger partial charge in [-0.15, -0.1) is 0 Å². The van der Waals surface area contributed by atoms with Crippen molar-refractivity contribution in [2.24, 2.45) is 0 Å². The average Bonchev–Trinajstić information content (AvgIpc) is 3.57. The minimum Gasteiger partial charge on any atom is -0.351 e. The van der Waals surface area contributed by atoms with E-state index >= 15 is 0 Å². The van der Waals surface area contributed by atoms with E-state index in [4.69, 9.17) is 15.6 Å². The van der Waals surface area contributed by atoms with Crippen LogP contribution in [0.5, 0.6) is 0 Å². The Morgan fingerprint density at radius 1 is 1.10 bits per heavy atom. The van der Waals surface area contributed by atoms with E-state index in [1.165, 1.54) is 5.56 Å². The van der Waals surface area contributed by atoms with Crippen LogP contribution in [0, 0.1) is 6.57 Å². The van der Waals surface area contributed by atoms with Crippen LogP contribution >= 0.6 is 20.3 Å². The summed E-state index contributed by atoms with van der Waals surface area (Å²) < 4.78 is 14.3. The van der Waals surface area contributed by atoms with Crippen LogP contribution in [0.15, 0.2) is 24.3 Å². The highest BCUT2D eigenvalue weighted by Gasteiger charge is 2.47. The molecule has 2 heterocycles. The van der Waals surface area contributed by atoms with E-state index in [0.717, 1.165) is 30.6 Å². The van der Waals surface area contributed by atoms with Gasteiger partial charge in [-0.3, -0.25) is 9.59 Å². The number of hydrogen-bond donors (Lipinski definition) is 2. The molecule has 12 heteroatoms. The molecular weight excluding hydrogens is 657 g/mol. The molecule has 274 valence electrons. The number of carbonyl (C=O) groups is 3. The number of nitrogens with one attached hydrogen (secondary N) is 2. The first-order chi connectivity index (χ1) is 23.2. The van der Waals surface area contributed by atoms with Crippen LogP contribution in [0.2, 0.25) is 0 Å². The van der Waals surface area contributed by atoms with Crippen LogP contribution in [0.25, 0.3) is 4.85 Å². The smallest absolute Gasteiger partial charge is 0.318 e. The highest BCUT2D eigenvalue weighted by Crippen LogP contribution is 2.46. The number of benzene rings is 1. The van der Waals surface area contributed by atoms with Gasteiger partial charge in [-0.2, -0.15) is 11.8 Å². The highest BCUT2D eigenvalue weighted by atomic mass is 32.2. The van der Waals surface area contributed by atoms with Gasteiger partial charge >= 0.3 is 6.03 Å². The number of Topliss-reactive ketones (excluding diaryl/α,β-unsaturated/α-hetero) is 1. The maximum absolute atomic E-state index is 12.9. The Hall–Kier alpha value is -2.22. The SMILES string of the molecule is [C-]#[N+]CCOP(OCC(CC)NC(=O)CCC(=O)CCCC[C@@H]1SC[C@H]2[C@@H]1NC(=O)N2Cc1ccc(C(C)(C)C)cc1)N(C(C)C)C(C)C. The maximum atomic E-state index is 12.9.